The highest BCUT2D eigenvalue weighted by atomic mass is 16.5. The number of benzene rings is 3. The first-order valence-electron chi connectivity index (χ1n) is 8.00. The molecule has 0 saturated carbocycles. The van der Waals surface area contributed by atoms with E-state index in [2.05, 4.69) is 5.32 Å². The molecule has 0 radical (unpaired) electrons. The molecule has 0 aromatic heterocycles. The molecule has 120 valence electrons. The summed E-state index contributed by atoms with van der Waals surface area (Å²) in [4.78, 5) is 12.6. The highest BCUT2D eigenvalue weighted by molar-refractivity contribution is 6.09. The summed E-state index contributed by atoms with van der Waals surface area (Å²) in [6.07, 6.45) is 0.839. The van der Waals surface area contributed by atoms with E-state index in [1.807, 2.05) is 42.5 Å². The number of fused-ring (bicyclic) bond motifs is 2. The van der Waals surface area contributed by atoms with E-state index in [-0.39, 0.29) is 5.91 Å². The Bertz CT molecular complexity index is 899. The minimum atomic E-state index is -0.165. The van der Waals surface area contributed by atoms with Gasteiger partial charge in [0, 0.05) is 23.1 Å². The third-order valence-electron chi connectivity index (χ3n) is 4.05. The molecule has 24 heavy (non-hydrogen) atoms. The molecule has 3 aromatic carbocycles. The Morgan fingerprint density at radius 3 is 2.58 bits per heavy atom. The van der Waals surface area contributed by atoms with E-state index in [0.717, 1.165) is 22.9 Å². The number of hydrogen-bond donors (Lipinski definition) is 1. The summed E-state index contributed by atoms with van der Waals surface area (Å²) < 4.78 is 11.3. The molecule has 4 rings (SSSR count). The van der Waals surface area contributed by atoms with Crippen LogP contribution < -0.4 is 14.8 Å². The van der Waals surface area contributed by atoms with Crippen LogP contribution in [0.15, 0.2) is 60.7 Å². The summed E-state index contributed by atoms with van der Waals surface area (Å²) in [6, 6.07) is 19.1. The zero-order valence-electron chi connectivity index (χ0n) is 13.1. The van der Waals surface area contributed by atoms with Crippen LogP contribution in [-0.4, -0.2) is 19.1 Å². The molecule has 0 bridgehead atoms. The molecule has 0 atom stereocenters. The lowest BCUT2D eigenvalue weighted by atomic mass is 10.1. The first kappa shape index (κ1) is 14.6. The summed E-state index contributed by atoms with van der Waals surface area (Å²) in [6.45, 7) is 1.23. The standard InChI is InChI=1S/C20H17NO3/c22-20(15-9-10-18-19(13-15)24-12-4-11-23-18)21-17-8-3-6-14-5-1-2-7-16(14)17/h1-3,5-10,13H,4,11-12H2,(H,21,22). The van der Waals surface area contributed by atoms with Crippen LogP contribution in [0.25, 0.3) is 10.8 Å². The molecule has 1 aliphatic heterocycles. The number of rotatable bonds is 2. The molecule has 3 aromatic rings. The van der Waals surface area contributed by atoms with Gasteiger partial charge in [-0.3, -0.25) is 4.79 Å². The topological polar surface area (TPSA) is 47.6 Å². The third kappa shape index (κ3) is 2.78. The molecular weight excluding hydrogens is 302 g/mol. The van der Waals surface area contributed by atoms with Gasteiger partial charge in [0.1, 0.15) is 0 Å². The fourth-order valence-electron chi connectivity index (χ4n) is 2.83. The first-order chi connectivity index (χ1) is 11.8. The molecule has 0 saturated heterocycles. The van der Waals surface area contributed by atoms with Crippen molar-refractivity contribution in [2.75, 3.05) is 18.5 Å². The second kappa shape index (κ2) is 6.24. The van der Waals surface area contributed by atoms with Gasteiger partial charge in [-0.25, -0.2) is 0 Å². The van der Waals surface area contributed by atoms with Gasteiger partial charge in [0.15, 0.2) is 11.5 Å². The fourth-order valence-corrected chi connectivity index (χ4v) is 2.83. The Balaban J connectivity index is 1.63. The minimum Gasteiger partial charge on any atom is -0.490 e. The molecule has 0 spiro atoms. The van der Waals surface area contributed by atoms with E-state index in [0.29, 0.717) is 30.3 Å². The van der Waals surface area contributed by atoms with Gasteiger partial charge < -0.3 is 14.8 Å². The van der Waals surface area contributed by atoms with Gasteiger partial charge in [0.2, 0.25) is 0 Å². The lowest BCUT2D eigenvalue weighted by molar-refractivity contribution is 0.102. The van der Waals surface area contributed by atoms with Crippen LogP contribution in [0.1, 0.15) is 16.8 Å². The quantitative estimate of drug-likeness (QED) is 0.768. The van der Waals surface area contributed by atoms with E-state index < -0.39 is 0 Å². The van der Waals surface area contributed by atoms with Crippen molar-refractivity contribution in [3.63, 3.8) is 0 Å². The van der Waals surface area contributed by atoms with Gasteiger partial charge in [-0.05, 0) is 29.7 Å². The van der Waals surface area contributed by atoms with Gasteiger partial charge in [0.25, 0.3) is 5.91 Å². The van der Waals surface area contributed by atoms with Gasteiger partial charge in [-0.2, -0.15) is 0 Å². The van der Waals surface area contributed by atoms with E-state index in [9.17, 15) is 4.79 Å². The second-order valence-corrected chi connectivity index (χ2v) is 5.69. The Labute approximate surface area is 140 Å². The van der Waals surface area contributed by atoms with Crippen molar-refractivity contribution in [3.05, 3.63) is 66.2 Å². The number of amides is 1. The van der Waals surface area contributed by atoms with E-state index in [4.69, 9.17) is 9.47 Å². The normalized spacial score (nSPS) is 13.3. The molecule has 0 unspecified atom stereocenters. The third-order valence-corrected chi connectivity index (χ3v) is 4.05. The van der Waals surface area contributed by atoms with Crippen LogP contribution in [0.2, 0.25) is 0 Å². The van der Waals surface area contributed by atoms with Crippen molar-refractivity contribution in [3.8, 4) is 11.5 Å². The van der Waals surface area contributed by atoms with Crippen LogP contribution in [0, 0.1) is 0 Å². The smallest absolute Gasteiger partial charge is 0.255 e. The van der Waals surface area contributed by atoms with Crippen molar-refractivity contribution >= 4 is 22.4 Å². The molecular formula is C20H17NO3. The van der Waals surface area contributed by atoms with Crippen LogP contribution in [-0.2, 0) is 0 Å². The highest BCUT2D eigenvalue weighted by Crippen LogP contribution is 2.31. The maximum absolute atomic E-state index is 12.6. The Hall–Kier alpha value is -3.01. The second-order valence-electron chi connectivity index (χ2n) is 5.69. The average Bonchev–Trinajstić information content (AvgIpc) is 2.86. The number of carbonyl (C=O) groups is 1. The summed E-state index contributed by atoms with van der Waals surface area (Å²) >= 11 is 0. The van der Waals surface area contributed by atoms with E-state index >= 15 is 0 Å². The monoisotopic (exact) mass is 319 g/mol. The number of nitrogens with one attached hydrogen (secondary N) is 1. The van der Waals surface area contributed by atoms with Crippen LogP contribution >= 0.6 is 0 Å². The van der Waals surface area contributed by atoms with Gasteiger partial charge >= 0.3 is 0 Å². The average molecular weight is 319 g/mol. The summed E-state index contributed by atoms with van der Waals surface area (Å²) in [5, 5.41) is 5.10. The lowest BCUT2D eigenvalue weighted by Crippen LogP contribution is -2.12. The molecule has 1 N–H and O–H groups in total. The molecule has 1 amide bonds. The highest BCUT2D eigenvalue weighted by Gasteiger charge is 2.14. The lowest BCUT2D eigenvalue weighted by Gasteiger charge is -2.11. The van der Waals surface area contributed by atoms with E-state index in [1.54, 1.807) is 18.2 Å². The van der Waals surface area contributed by atoms with Crippen molar-refractivity contribution in [1.29, 1.82) is 0 Å². The van der Waals surface area contributed by atoms with Crippen LogP contribution in [0.5, 0.6) is 11.5 Å². The Morgan fingerprint density at radius 2 is 1.67 bits per heavy atom. The zero-order valence-corrected chi connectivity index (χ0v) is 13.1. The maximum Gasteiger partial charge on any atom is 0.255 e. The largest absolute Gasteiger partial charge is 0.490 e. The molecule has 0 fully saturated rings. The van der Waals surface area contributed by atoms with Gasteiger partial charge in [0.05, 0.1) is 13.2 Å². The van der Waals surface area contributed by atoms with Crippen molar-refractivity contribution in [1.82, 2.24) is 0 Å². The molecule has 1 heterocycles. The van der Waals surface area contributed by atoms with Crippen molar-refractivity contribution < 1.29 is 14.3 Å². The van der Waals surface area contributed by atoms with E-state index in [1.165, 1.54) is 0 Å². The maximum atomic E-state index is 12.6. The number of anilines is 1. The van der Waals surface area contributed by atoms with Gasteiger partial charge in [-0.15, -0.1) is 0 Å². The fraction of sp³-hybridized carbons (Fsp3) is 0.150. The zero-order chi connectivity index (χ0) is 16.4. The van der Waals surface area contributed by atoms with Crippen LogP contribution in [0.3, 0.4) is 0 Å². The Kier molecular flexibility index (Phi) is 3.79. The van der Waals surface area contributed by atoms with Gasteiger partial charge in [-0.1, -0.05) is 36.4 Å². The number of carbonyl (C=O) groups excluding carboxylic acids is 1. The SMILES string of the molecule is O=C(Nc1cccc2ccccc12)c1ccc2c(c1)OCCCO2. The predicted molar refractivity (Wildman–Crippen MR) is 94.0 cm³/mol. The first-order valence-corrected chi connectivity index (χ1v) is 8.00. The molecule has 4 heteroatoms. The van der Waals surface area contributed by atoms with Crippen molar-refractivity contribution in [2.45, 2.75) is 6.42 Å². The number of ether oxygens (including phenoxy) is 2. The molecule has 4 nitrogen and oxygen atoms in total. The van der Waals surface area contributed by atoms with Crippen LogP contribution in [0.4, 0.5) is 5.69 Å². The summed E-state index contributed by atoms with van der Waals surface area (Å²) in [5.74, 6) is 1.15. The molecule has 1 aliphatic rings. The summed E-state index contributed by atoms with van der Waals surface area (Å²) in [7, 11) is 0. The minimum absolute atomic E-state index is 0.165. The summed E-state index contributed by atoms with van der Waals surface area (Å²) in [5.41, 5.74) is 1.34. The number of hydrogen-bond acceptors (Lipinski definition) is 3. The predicted octanol–water partition coefficient (Wildman–Crippen LogP) is 4.25. The Morgan fingerprint density at radius 1 is 0.875 bits per heavy atom. The van der Waals surface area contributed by atoms with Crippen molar-refractivity contribution in [2.24, 2.45) is 0 Å². The molecule has 0 aliphatic carbocycles.